The Morgan fingerprint density at radius 2 is 1.71 bits per heavy atom. The normalized spacial score (nSPS) is 14.6. The largest absolute Gasteiger partial charge is 0.457 e. The van der Waals surface area contributed by atoms with Crippen LogP contribution in [0.25, 0.3) is 28.2 Å². The molecule has 31 heavy (non-hydrogen) atoms. The van der Waals surface area contributed by atoms with Gasteiger partial charge in [-0.15, -0.1) is 0 Å². The molecule has 0 fully saturated rings. The molecular weight excluding hydrogens is 396 g/mol. The summed E-state index contributed by atoms with van der Waals surface area (Å²) < 4.78 is 11.1. The van der Waals surface area contributed by atoms with Gasteiger partial charge in [0.25, 0.3) is 5.69 Å². The minimum atomic E-state index is -0.573. The number of hydrogen-bond donors (Lipinski definition) is 0. The number of carbonyl (C=O) groups excluding carboxylic acids is 1. The number of furan rings is 1. The summed E-state index contributed by atoms with van der Waals surface area (Å²) in [5.41, 5.74) is 1.35. The summed E-state index contributed by atoms with van der Waals surface area (Å²) in [6, 6.07) is 23.1. The van der Waals surface area contributed by atoms with Crippen LogP contribution in [0.1, 0.15) is 11.3 Å². The molecule has 5 rings (SSSR count). The van der Waals surface area contributed by atoms with Crippen molar-refractivity contribution in [3.63, 3.8) is 0 Å². The Kier molecular flexibility index (Phi) is 4.41. The highest BCUT2D eigenvalue weighted by atomic mass is 16.6. The average molecular weight is 410 g/mol. The van der Waals surface area contributed by atoms with E-state index in [0.717, 1.165) is 10.8 Å². The molecule has 0 unspecified atom stereocenters. The fourth-order valence-corrected chi connectivity index (χ4v) is 3.35. The molecule has 7 nitrogen and oxygen atoms in total. The monoisotopic (exact) mass is 410 g/mol. The summed E-state index contributed by atoms with van der Waals surface area (Å²) in [5.74, 6) is 0.488. The number of fused-ring (bicyclic) bond motifs is 1. The molecule has 7 heteroatoms. The molecule has 0 spiro atoms. The van der Waals surface area contributed by atoms with Crippen molar-refractivity contribution in [2.24, 2.45) is 4.99 Å². The molecule has 0 aliphatic carbocycles. The van der Waals surface area contributed by atoms with Gasteiger partial charge in [-0.2, -0.15) is 0 Å². The number of esters is 1. The lowest BCUT2D eigenvalue weighted by Gasteiger charge is -2.02. The predicted molar refractivity (Wildman–Crippen MR) is 115 cm³/mol. The fraction of sp³-hybridized carbons (Fsp3) is 0. The van der Waals surface area contributed by atoms with Crippen LogP contribution in [0.15, 0.2) is 94.0 Å². The first-order chi connectivity index (χ1) is 15.1. The number of nitro benzene ring substituents is 1. The number of benzene rings is 3. The molecule has 0 radical (unpaired) electrons. The van der Waals surface area contributed by atoms with Gasteiger partial charge in [0.15, 0.2) is 5.70 Å². The number of nitrogens with zero attached hydrogens (tertiary/aromatic N) is 2. The van der Waals surface area contributed by atoms with Gasteiger partial charge < -0.3 is 9.15 Å². The van der Waals surface area contributed by atoms with Crippen molar-refractivity contribution in [3.05, 3.63) is 106 Å². The van der Waals surface area contributed by atoms with Gasteiger partial charge in [0, 0.05) is 29.3 Å². The molecular formula is C24H14N2O5. The number of cyclic esters (lactones) is 1. The van der Waals surface area contributed by atoms with E-state index in [1.807, 2.05) is 42.5 Å². The standard InChI is InChI=1S/C24H14N2O5/c27-24-21(25-23(31-24)18-9-8-15-4-1-2-5-16(15)12-18)14-20-10-11-22(30-20)17-6-3-7-19(13-17)26(28)29/h1-14H/b21-14-. The first-order valence-electron chi connectivity index (χ1n) is 9.43. The van der Waals surface area contributed by atoms with Crippen molar-refractivity contribution in [1.29, 1.82) is 0 Å². The van der Waals surface area contributed by atoms with E-state index in [4.69, 9.17) is 9.15 Å². The van der Waals surface area contributed by atoms with Gasteiger partial charge in [0.2, 0.25) is 5.90 Å². The van der Waals surface area contributed by atoms with Gasteiger partial charge in [-0.05, 0) is 35.0 Å². The Balaban J connectivity index is 1.44. The topological polar surface area (TPSA) is 94.9 Å². The Morgan fingerprint density at radius 3 is 2.55 bits per heavy atom. The Hall–Kier alpha value is -4.52. The predicted octanol–water partition coefficient (Wildman–Crippen LogP) is 5.35. The van der Waals surface area contributed by atoms with E-state index in [2.05, 4.69) is 4.99 Å². The highest BCUT2D eigenvalue weighted by molar-refractivity contribution is 6.13. The van der Waals surface area contributed by atoms with Crippen LogP contribution in [-0.2, 0) is 9.53 Å². The number of non-ortho nitro benzene ring substituents is 1. The molecule has 1 aromatic heterocycles. The maximum Gasteiger partial charge on any atom is 0.363 e. The molecule has 0 bridgehead atoms. The van der Waals surface area contributed by atoms with Gasteiger partial charge >= 0.3 is 5.97 Å². The van der Waals surface area contributed by atoms with Crippen molar-refractivity contribution in [1.82, 2.24) is 0 Å². The third-order valence-corrected chi connectivity index (χ3v) is 4.86. The van der Waals surface area contributed by atoms with Gasteiger partial charge in [-0.25, -0.2) is 9.79 Å². The second kappa shape index (κ2) is 7.38. The smallest absolute Gasteiger partial charge is 0.363 e. The zero-order chi connectivity index (χ0) is 21.4. The van der Waals surface area contributed by atoms with Crippen LogP contribution >= 0.6 is 0 Å². The number of carbonyl (C=O) groups is 1. The van der Waals surface area contributed by atoms with Crippen molar-refractivity contribution in [2.45, 2.75) is 0 Å². The Bertz CT molecular complexity index is 1410. The number of nitro groups is 1. The highest BCUT2D eigenvalue weighted by Gasteiger charge is 2.25. The van der Waals surface area contributed by atoms with Crippen LogP contribution in [0.3, 0.4) is 0 Å². The van der Waals surface area contributed by atoms with E-state index in [-0.39, 0.29) is 17.3 Å². The van der Waals surface area contributed by atoms with Crippen LogP contribution in [0.5, 0.6) is 0 Å². The minimum absolute atomic E-state index is 0.0298. The van der Waals surface area contributed by atoms with Gasteiger partial charge in [-0.3, -0.25) is 10.1 Å². The molecule has 4 aromatic rings. The Morgan fingerprint density at radius 1 is 0.871 bits per heavy atom. The molecule has 2 heterocycles. The van der Waals surface area contributed by atoms with Crippen molar-refractivity contribution < 1.29 is 18.9 Å². The number of ether oxygens (including phenoxy) is 1. The van der Waals surface area contributed by atoms with Crippen molar-refractivity contribution in [2.75, 3.05) is 0 Å². The van der Waals surface area contributed by atoms with Gasteiger partial charge in [0.1, 0.15) is 11.5 Å². The summed E-state index contributed by atoms with van der Waals surface area (Å²) in [4.78, 5) is 27.1. The molecule has 1 aliphatic heterocycles. The summed E-state index contributed by atoms with van der Waals surface area (Å²) in [6.07, 6.45) is 1.48. The van der Waals surface area contributed by atoms with E-state index >= 15 is 0 Å². The van der Waals surface area contributed by atoms with E-state index in [9.17, 15) is 14.9 Å². The van der Waals surface area contributed by atoms with E-state index in [0.29, 0.717) is 22.6 Å². The second-order valence-electron chi connectivity index (χ2n) is 6.91. The van der Waals surface area contributed by atoms with E-state index in [1.54, 1.807) is 24.3 Å². The van der Waals surface area contributed by atoms with E-state index < -0.39 is 10.9 Å². The SMILES string of the molecule is O=C1OC(c2ccc3ccccc3c2)=N/C1=C\c1ccc(-c2cccc([N+](=O)[O-])c2)o1. The molecule has 3 aromatic carbocycles. The average Bonchev–Trinajstić information content (AvgIpc) is 3.41. The molecule has 0 saturated heterocycles. The lowest BCUT2D eigenvalue weighted by atomic mass is 10.1. The number of rotatable bonds is 4. The summed E-state index contributed by atoms with van der Waals surface area (Å²) in [7, 11) is 0. The highest BCUT2D eigenvalue weighted by Crippen LogP contribution is 2.28. The first-order valence-corrected chi connectivity index (χ1v) is 9.43. The van der Waals surface area contributed by atoms with Crippen LogP contribution < -0.4 is 0 Å². The molecule has 0 atom stereocenters. The van der Waals surface area contributed by atoms with Crippen molar-refractivity contribution >= 4 is 34.4 Å². The second-order valence-corrected chi connectivity index (χ2v) is 6.91. The lowest BCUT2D eigenvalue weighted by molar-refractivity contribution is -0.384. The third kappa shape index (κ3) is 3.60. The molecule has 1 aliphatic rings. The maximum absolute atomic E-state index is 12.3. The summed E-state index contributed by atoms with van der Waals surface area (Å²) in [6.45, 7) is 0. The van der Waals surface area contributed by atoms with Crippen molar-refractivity contribution in [3.8, 4) is 11.3 Å². The fourth-order valence-electron chi connectivity index (χ4n) is 3.35. The third-order valence-electron chi connectivity index (χ3n) is 4.86. The molecule has 0 amide bonds. The van der Waals surface area contributed by atoms with Crippen LogP contribution in [0.2, 0.25) is 0 Å². The number of hydrogen-bond acceptors (Lipinski definition) is 6. The summed E-state index contributed by atoms with van der Waals surface area (Å²) >= 11 is 0. The molecule has 0 saturated carbocycles. The summed E-state index contributed by atoms with van der Waals surface area (Å²) in [5, 5.41) is 13.1. The van der Waals surface area contributed by atoms with Crippen LogP contribution in [0.4, 0.5) is 5.69 Å². The minimum Gasteiger partial charge on any atom is -0.457 e. The number of aliphatic imine (C=N–C) groups is 1. The first kappa shape index (κ1) is 18.5. The zero-order valence-electron chi connectivity index (χ0n) is 16.0. The quantitative estimate of drug-likeness (QED) is 0.196. The maximum atomic E-state index is 12.3. The molecule has 150 valence electrons. The lowest BCUT2D eigenvalue weighted by Crippen LogP contribution is -2.05. The Labute approximate surface area is 176 Å². The van der Waals surface area contributed by atoms with Crippen LogP contribution in [0, 0.1) is 10.1 Å². The van der Waals surface area contributed by atoms with E-state index in [1.165, 1.54) is 18.2 Å². The van der Waals surface area contributed by atoms with Gasteiger partial charge in [-0.1, -0.05) is 42.5 Å². The van der Waals surface area contributed by atoms with Crippen LogP contribution in [-0.4, -0.2) is 16.8 Å². The van der Waals surface area contributed by atoms with Gasteiger partial charge in [0.05, 0.1) is 4.92 Å². The molecule has 0 N–H and O–H groups in total. The zero-order valence-corrected chi connectivity index (χ0v) is 16.0.